The molecule has 0 aromatic rings. The minimum atomic E-state index is -0.292. The molecular weight excluding hydrogens is 90.1 g/mol. The third kappa shape index (κ3) is 0.996. The van der Waals surface area contributed by atoms with Crippen molar-refractivity contribution >= 4 is 6.29 Å². The van der Waals surface area contributed by atoms with Crippen molar-refractivity contribution in [3.8, 4) is 0 Å². The predicted octanol–water partition coefficient (Wildman–Crippen LogP) is -0.167. The van der Waals surface area contributed by atoms with Crippen LogP contribution in [0.3, 0.4) is 0 Å². The molecule has 1 aliphatic carbocycles. The molecule has 2 heteroatoms. The molecule has 0 saturated heterocycles. The van der Waals surface area contributed by atoms with E-state index >= 15 is 0 Å². The van der Waals surface area contributed by atoms with Crippen LogP contribution in [0.1, 0.15) is 12.8 Å². The first kappa shape index (κ1) is 4.78. The van der Waals surface area contributed by atoms with E-state index in [9.17, 15) is 4.79 Å². The van der Waals surface area contributed by atoms with Gasteiger partial charge in [0.05, 0.1) is 6.04 Å². The molecule has 1 atom stereocenters. The third-order valence-electron chi connectivity index (χ3n) is 1.27. The van der Waals surface area contributed by atoms with Crippen molar-refractivity contribution in [1.82, 2.24) is 0 Å². The number of nitrogens with two attached hydrogens (primary N) is 1. The highest BCUT2D eigenvalue weighted by Crippen LogP contribution is 2.30. The fourth-order valence-electron chi connectivity index (χ4n) is 0.552. The van der Waals surface area contributed by atoms with Crippen molar-refractivity contribution in [2.24, 2.45) is 11.7 Å². The molecule has 1 saturated carbocycles. The molecule has 0 aliphatic heterocycles. The van der Waals surface area contributed by atoms with E-state index in [2.05, 4.69) is 0 Å². The Labute approximate surface area is 42.7 Å². The fraction of sp³-hybridized carbons (Fsp3) is 0.800. The smallest absolute Gasteiger partial charge is 0.216 e. The maximum atomic E-state index is 9.74. The largest absolute Gasteiger partial charge is 0.321 e. The lowest BCUT2D eigenvalue weighted by Gasteiger charge is -1.92. The topological polar surface area (TPSA) is 43.1 Å². The highest BCUT2D eigenvalue weighted by Gasteiger charge is 2.28. The maximum Gasteiger partial charge on any atom is 0.216 e. The average Bonchev–Trinajstić information content (AvgIpc) is 2.44. The SMILES string of the molecule is N[C@H]([C]=O)C1CC1. The normalized spacial score (nSPS) is 24.1. The van der Waals surface area contributed by atoms with E-state index in [1.54, 1.807) is 6.29 Å². The highest BCUT2D eigenvalue weighted by atomic mass is 16.1. The summed E-state index contributed by atoms with van der Waals surface area (Å²) >= 11 is 0. The van der Waals surface area contributed by atoms with Gasteiger partial charge in [-0.25, -0.2) is 0 Å². The van der Waals surface area contributed by atoms with Crippen molar-refractivity contribution < 1.29 is 4.79 Å². The molecule has 0 spiro atoms. The van der Waals surface area contributed by atoms with Crippen LogP contribution in [0.25, 0.3) is 0 Å². The molecule has 0 aromatic carbocycles. The average molecular weight is 98.1 g/mol. The van der Waals surface area contributed by atoms with E-state index < -0.39 is 0 Å². The molecule has 0 aromatic heterocycles. The van der Waals surface area contributed by atoms with E-state index in [0.717, 1.165) is 12.8 Å². The Bertz CT molecular complexity index is 78.1. The summed E-state index contributed by atoms with van der Waals surface area (Å²) < 4.78 is 0. The van der Waals surface area contributed by atoms with Gasteiger partial charge >= 0.3 is 0 Å². The first-order valence-corrected chi connectivity index (χ1v) is 2.48. The van der Waals surface area contributed by atoms with Crippen LogP contribution in [0.15, 0.2) is 0 Å². The zero-order valence-electron chi connectivity index (χ0n) is 4.05. The molecule has 1 radical (unpaired) electrons. The van der Waals surface area contributed by atoms with Crippen molar-refractivity contribution in [3.05, 3.63) is 0 Å². The van der Waals surface area contributed by atoms with Crippen molar-refractivity contribution in [2.45, 2.75) is 18.9 Å². The standard InChI is InChI=1S/C5H8NO/c6-5(3-7)4-1-2-4/h4-5H,1-2,6H2/t5-/m1/s1. The van der Waals surface area contributed by atoms with Crippen molar-refractivity contribution in [3.63, 3.8) is 0 Å². The molecule has 0 amide bonds. The molecule has 1 fully saturated rings. The van der Waals surface area contributed by atoms with E-state index in [0.29, 0.717) is 5.92 Å². The van der Waals surface area contributed by atoms with Crippen molar-refractivity contribution in [2.75, 3.05) is 0 Å². The molecule has 7 heavy (non-hydrogen) atoms. The van der Waals surface area contributed by atoms with Crippen molar-refractivity contribution in [1.29, 1.82) is 0 Å². The molecule has 0 bridgehead atoms. The van der Waals surface area contributed by atoms with Gasteiger partial charge in [0.2, 0.25) is 6.29 Å². The first-order chi connectivity index (χ1) is 3.34. The molecule has 2 nitrogen and oxygen atoms in total. The lowest BCUT2D eigenvalue weighted by Crippen LogP contribution is -2.23. The van der Waals surface area contributed by atoms with Gasteiger partial charge in [0, 0.05) is 0 Å². The van der Waals surface area contributed by atoms with Gasteiger partial charge in [0.15, 0.2) is 0 Å². The summed E-state index contributed by atoms with van der Waals surface area (Å²) in [6, 6.07) is -0.292. The molecule has 0 unspecified atom stereocenters. The minimum Gasteiger partial charge on any atom is -0.321 e. The number of hydrogen-bond donors (Lipinski definition) is 1. The van der Waals surface area contributed by atoms with Gasteiger partial charge in [0.1, 0.15) is 0 Å². The molecule has 2 N–H and O–H groups in total. The number of carbonyl (C=O) groups excluding carboxylic acids is 1. The van der Waals surface area contributed by atoms with Crippen LogP contribution in [-0.2, 0) is 4.79 Å². The van der Waals surface area contributed by atoms with Crippen LogP contribution in [0, 0.1) is 5.92 Å². The zero-order valence-corrected chi connectivity index (χ0v) is 4.05. The Morgan fingerprint density at radius 1 is 1.71 bits per heavy atom. The Morgan fingerprint density at radius 2 is 2.29 bits per heavy atom. The van der Waals surface area contributed by atoms with E-state index in [1.165, 1.54) is 0 Å². The van der Waals surface area contributed by atoms with Gasteiger partial charge in [-0.05, 0) is 18.8 Å². The molecule has 1 aliphatic rings. The van der Waals surface area contributed by atoms with E-state index in [-0.39, 0.29) is 6.04 Å². The molecule has 1 rings (SSSR count). The van der Waals surface area contributed by atoms with Crippen LogP contribution in [0.2, 0.25) is 0 Å². The third-order valence-corrected chi connectivity index (χ3v) is 1.27. The van der Waals surface area contributed by atoms with Gasteiger partial charge < -0.3 is 5.73 Å². The predicted molar refractivity (Wildman–Crippen MR) is 26.4 cm³/mol. The van der Waals surface area contributed by atoms with Gasteiger partial charge in [0.25, 0.3) is 0 Å². The van der Waals surface area contributed by atoms with E-state index in [4.69, 9.17) is 5.73 Å². The lowest BCUT2D eigenvalue weighted by atomic mass is 10.2. The summed E-state index contributed by atoms with van der Waals surface area (Å²) in [6.45, 7) is 0. The second-order valence-electron chi connectivity index (χ2n) is 1.98. The molecule has 39 valence electrons. The zero-order chi connectivity index (χ0) is 5.28. The quantitative estimate of drug-likeness (QED) is 0.521. The van der Waals surface area contributed by atoms with Gasteiger partial charge in [-0.2, -0.15) is 0 Å². The Balaban J connectivity index is 2.22. The number of rotatable bonds is 2. The van der Waals surface area contributed by atoms with E-state index in [1.807, 2.05) is 0 Å². The summed E-state index contributed by atoms with van der Waals surface area (Å²) in [4.78, 5) is 9.74. The summed E-state index contributed by atoms with van der Waals surface area (Å²) in [7, 11) is 0. The summed E-state index contributed by atoms with van der Waals surface area (Å²) in [5.74, 6) is 0.470. The van der Waals surface area contributed by atoms with Crippen LogP contribution in [-0.4, -0.2) is 12.3 Å². The summed E-state index contributed by atoms with van der Waals surface area (Å²) in [5, 5.41) is 0. The molecule has 0 heterocycles. The Morgan fingerprint density at radius 3 is 2.43 bits per heavy atom. The van der Waals surface area contributed by atoms with Gasteiger partial charge in [-0.15, -0.1) is 0 Å². The van der Waals surface area contributed by atoms with Crippen LogP contribution in [0.4, 0.5) is 0 Å². The van der Waals surface area contributed by atoms with Crippen LogP contribution < -0.4 is 5.73 Å². The minimum absolute atomic E-state index is 0.292. The monoisotopic (exact) mass is 98.1 g/mol. The lowest BCUT2D eigenvalue weighted by molar-refractivity contribution is 0.532. The first-order valence-electron chi connectivity index (χ1n) is 2.48. The highest BCUT2D eigenvalue weighted by molar-refractivity contribution is 5.59. The summed E-state index contributed by atoms with van der Waals surface area (Å²) in [5.41, 5.74) is 5.25. The Kier molecular flexibility index (Phi) is 1.11. The number of hydrogen-bond acceptors (Lipinski definition) is 2. The summed E-state index contributed by atoms with van der Waals surface area (Å²) in [6.07, 6.45) is 4.00. The maximum absolute atomic E-state index is 9.74. The second kappa shape index (κ2) is 1.62. The molecular formula is C5H8NO. The van der Waals surface area contributed by atoms with Gasteiger partial charge in [-0.3, -0.25) is 4.79 Å². The van der Waals surface area contributed by atoms with Gasteiger partial charge in [-0.1, -0.05) is 0 Å². The fourth-order valence-corrected chi connectivity index (χ4v) is 0.552. The second-order valence-corrected chi connectivity index (χ2v) is 1.98. The van der Waals surface area contributed by atoms with Crippen LogP contribution in [0.5, 0.6) is 0 Å². The Hall–Kier alpha value is -0.370. The van der Waals surface area contributed by atoms with Crippen LogP contribution >= 0.6 is 0 Å².